The molecular weight excluding hydrogens is 316 g/mol. The largest absolute Gasteiger partial charge is 0.482 e. The van der Waals surface area contributed by atoms with E-state index in [4.69, 9.17) is 14.6 Å². The van der Waals surface area contributed by atoms with Crippen LogP contribution in [0.2, 0.25) is 0 Å². The van der Waals surface area contributed by atoms with E-state index in [9.17, 15) is 14.4 Å². The van der Waals surface area contributed by atoms with Gasteiger partial charge in [-0.3, -0.25) is 9.59 Å². The minimum atomic E-state index is -1.06. The minimum absolute atomic E-state index is 0.0461. The maximum absolute atomic E-state index is 12.7. The van der Waals surface area contributed by atoms with Crippen molar-refractivity contribution in [2.24, 2.45) is 0 Å². The third-order valence-electron chi connectivity index (χ3n) is 4.07. The molecule has 2 aliphatic rings. The van der Waals surface area contributed by atoms with Gasteiger partial charge in [-0.05, 0) is 24.3 Å². The number of nitrogens with zero attached hydrogens (tertiary/aromatic N) is 2. The lowest BCUT2D eigenvalue weighted by Gasteiger charge is -2.45. The summed E-state index contributed by atoms with van der Waals surface area (Å²) in [7, 11) is 0. The van der Waals surface area contributed by atoms with Crippen LogP contribution in [-0.2, 0) is 14.3 Å². The van der Waals surface area contributed by atoms with Crippen LogP contribution in [-0.4, -0.2) is 71.8 Å². The van der Waals surface area contributed by atoms with Crippen molar-refractivity contribution in [3.8, 4) is 5.75 Å². The Hall–Kier alpha value is -2.61. The first-order valence-electron chi connectivity index (χ1n) is 7.69. The smallest absolute Gasteiger partial charge is 0.341 e. The minimum Gasteiger partial charge on any atom is -0.482 e. The Morgan fingerprint density at radius 1 is 1.25 bits per heavy atom. The maximum atomic E-state index is 12.7. The fourth-order valence-corrected chi connectivity index (χ4v) is 2.89. The first-order valence-corrected chi connectivity index (χ1v) is 7.69. The first-order chi connectivity index (χ1) is 11.6. The van der Waals surface area contributed by atoms with Gasteiger partial charge in [0.1, 0.15) is 11.9 Å². The second kappa shape index (κ2) is 6.88. The topological polar surface area (TPSA) is 96.4 Å². The van der Waals surface area contributed by atoms with Crippen LogP contribution in [0.4, 0.5) is 0 Å². The quantitative estimate of drug-likeness (QED) is 0.844. The van der Waals surface area contributed by atoms with Crippen LogP contribution in [0, 0.1) is 0 Å². The lowest BCUT2D eigenvalue weighted by atomic mass is 10.1. The zero-order valence-corrected chi connectivity index (χ0v) is 13.0. The molecule has 0 spiro atoms. The number of carbonyl (C=O) groups is 3. The molecule has 2 fully saturated rings. The molecule has 1 unspecified atom stereocenters. The number of carboxylic acid groups (broad SMARTS) is 1. The lowest BCUT2D eigenvalue weighted by Crippen LogP contribution is -2.62. The van der Waals surface area contributed by atoms with Gasteiger partial charge in [-0.15, -0.1) is 0 Å². The number of morpholine rings is 1. The Morgan fingerprint density at radius 2 is 2.00 bits per heavy atom. The maximum Gasteiger partial charge on any atom is 0.341 e. The van der Waals surface area contributed by atoms with Crippen molar-refractivity contribution in [3.05, 3.63) is 29.8 Å². The molecule has 8 nitrogen and oxygen atoms in total. The van der Waals surface area contributed by atoms with Crippen molar-refractivity contribution in [2.45, 2.75) is 12.6 Å². The average Bonchev–Trinajstić information content (AvgIpc) is 2.60. The number of hydrogen-bond donors (Lipinski definition) is 1. The highest BCUT2D eigenvalue weighted by Gasteiger charge is 2.38. The van der Waals surface area contributed by atoms with Crippen molar-refractivity contribution in [1.29, 1.82) is 0 Å². The predicted molar refractivity (Wildman–Crippen MR) is 81.5 cm³/mol. The van der Waals surface area contributed by atoms with Gasteiger partial charge >= 0.3 is 5.97 Å². The number of carboxylic acids is 1. The summed E-state index contributed by atoms with van der Waals surface area (Å²) in [4.78, 5) is 38.5. The lowest BCUT2D eigenvalue weighted by molar-refractivity contribution is -0.154. The third kappa shape index (κ3) is 3.33. The van der Waals surface area contributed by atoms with E-state index in [2.05, 4.69) is 0 Å². The standard InChI is InChI=1S/C16H18N2O6/c19-14-5-6-18(13-9-23-8-7-17(13)14)16(22)11-1-3-12(4-2-11)24-10-15(20)21/h1-4,13H,5-10H2,(H,20,21). The van der Waals surface area contributed by atoms with Crippen molar-refractivity contribution in [2.75, 3.05) is 32.9 Å². The van der Waals surface area contributed by atoms with Crippen LogP contribution in [0.3, 0.4) is 0 Å². The molecule has 0 aromatic heterocycles. The Morgan fingerprint density at radius 3 is 2.71 bits per heavy atom. The van der Waals surface area contributed by atoms with Gasteiger partial charge in [0.25, 0.3) is 5.91 Å². The van der Waals surface area contributed by atoms with E-state index >= 15 is 0 Å². The molecular formula is C16H18N2O6. The third-order valence-corrected chi connectivity index (χ3v) is 4.07. The fourth-order valence-electron chi connectivity index (χ4n) is 2.89. The predicted octanol–water partition coefficient (Wildman–Crippen LogP) is 0.181. The highest BCUT2D eigenvalue weighted by atomic mass is 16.5. The summed E-state index contributed by atoms with van der Waals surface area (Å²) < 4.78 is 10.5. The van der Waals surface area contributed by atoms with Gasteiger partial charge in [0, 0.05) is 25.1 Å². The Balaban J connectivity index is 1.71. The Kier molecular flexibility index (Phi) is 4.66. The molecule has 2 aliphatic heterocycles. The highest BCUT2D eigenvalue weighted by Crippen LogP contribution is 2.22. The first kappa shape index (κ1) is 16.3. The molecule has 1 aromatic carbocycles. The van der Waals surface area contributed by atoms with Crippen LogP contribution in [0.15, 0.2) is 24.3 Å². The van der Waals surface area contributed by atoms with E-state index in [1.165, 1.54) is 0 Å². The highest BCUT2D eigenvalue weighted by molar-refractivity contribution is 5.95. The van der Waals surface area contributed by atoms with Crippen molar-refractivity contribution < 1.29 is 29.0 Å². The molecule has 24 heavy (non-hydrogen) atoms. The van der Waals surface area contributed by atoms with Crippen LogP contribution in [0.1, 0.15) is 16.8 Å². The Bertz CT molecular complexity index is 644. The summed E-state index contributed by atoms with van der Waals surface area (Å²) >= 11 is 0. The number of carbonyl (C=O) groups excluding carboxylic acids is 2. The van der Waals surface area contributed by atoms with Gasteiger partial charge in [-0.2, -0.15) is 0 Å². The van der Waals surface area contributed by atoms with Gasteiger partial charge in [-0.25, -0.2) is 4.79 Å². The molecule has 2 saturated heterocycles. The summed E-state index contributed by atoms with van der Waals surface area (Å²) in [6, 6.07) is 6.29. The van der Waals surface area contributed by atoms with Gasteiger partial charge in [-0.1, -0.05) is 0 Å². The normalized spacial score (nSPS) is 20.5. The number of hydrogen-bond acceptors (Lipinski definition) is 5. The van der Waals surface area contributed by atoms with Crippen LogP contribution >= 0.6 is 0 Å². The average molecular weight is 334 g/mol. The number of benzene rings is 1. The fraction of sp³-hybridized carbons (Fsp3) is 0.438. The van der Waals surface area contributed by atoms with E-state index in [0.29, 0.717) is 44.0 Å². The molecule has 8 heteroatoms. The van der Waals surface area contributed by atoms with Crippen molar-refractivity contribution >= 4 is 17.8 Å². The van der Waals surface area contributed by atoms with Crippen LogP contribution < -0.4 is 4.74 Å². The molecule has 2 heterocycles. The van der Waals surface area contributed by atoms with Gasteiger partial charge < -0.3 is 24.4 Å². The molecule has 0 radical (unpaired) electrons. The van der Waals surface area contributed by atoms with Crippen molar-refractivity contribution in [3.63, 3.8) is 0 Å². The molecule has 1 N–H and O–H groups in total. The molecule has 3 rings (SSSR count). The van der Waals surface area contributed by atoms with Gasteiger partial charge in [0.2, 0.25) is 5.91 Å². The molecule has 1 atom stereocenters. The monoisotopic (exact) mass is 334 g/mol. The second-order valence-corrected chi connectivity index (χ2v) is 5.60. The zero-order chi connectivity index (χ0) is 17.1. The number of rotatable bonds is 4. The molecule has 1 aromatic rings. The summed E-state index contributed by atoms with van der Waals surface area (Å²) in [6.45, 7) is 1.22. The van der Waals surface area contributed by atoms with E-state index in [0.717, 1.165) is 0 Å². The molecule has 0 aliphatic carbocycles. The number of amides is 2. The van der Waals surface area contributed by atoms with Gasteiger partial charge in [0.05, 0.1) is 13.2 Å². The SMILES string of the molecule is O=C(O)COc1ccc(C(=O)N2CCC(=O)N3CCOCC32)cc1. The van der Waals surface area contributed by atoms with Crippen LogP contribution in [0.5, 0.6) is 5.75 Å². The summed E-state index contributed by atoms with van der Waals surface area (Å²) in [5.74, 6) is -0.825. The summed E-state index contributed by atoms with van der Waals surface area (Å²) in [5, 5.41) is 8.59. The van der Waals surface area contributed by atoms with E-state index in [1.807, 2.05) is 0 Å². The van der Waals surface area contributed by atoms with E-state index in [1.54, 1.807) is 34.1 Å². The Labute approximate surface area is 138 Å². The summed E-state index contributed by atoms with van der Waals surface area (Å²) in [6.07, 6.45) is -0.0578. The number of ether oxygens (including phenoxy) is 2. The number of aliphatic carboxylic acids is 1. The number of fused-ring (bicyclic) bond motifs is 1. The second-order valence-electron chi connectivity index (χ2n) is 5.60. The van der Waals surface area contributed by atoms with Crippen molar-refractivity contribution in [1.82, 2.24) is 9.80 Å². The zero-order valence-electron chi connectivity index (χ0n) is 13.0. The van der Waals surface area contributed by atoms with E-state index in [-0.39, 0.29) is 18.0 Å². The molecule has 2 amide bonds. The molecule has 0 saturated carbocycles. The van der Waals surface area contributed by atoms with Crippen LogP contribution in [0.25, 0.3) is 0 Å². The van der Waals surface area contributed by atoms with E-state index < -0.39 is 12.6 Å². The van der Waals surface area contributed by atoms with Gasteiger partial charge in [0.15, 0.2) is 6.61 Å². The summed E-state index contributed by atoms with van der Waals surface area (Å²) in [5.41, 5.74) is 0.456. The molecule has 0 bridgehead atoms. The molecule has 128 valence electrons.